The molecule has 0 heterocycles. The fourth-order valence-corrected chi connectivity index (χ4v) is 6.22. The van der Waals surface area contributed by atoms with Crippen molar-refractivity contribution in [2.45, 2.75) is 43.4 Å². The molecule has 1 aromatic carbocycles. The van der Waals surface area contributed by atoms with Gasteiger partial charge in [-0.15, -0.1) is 0 Å². The number of benzene rings is 1. The number of carbonyl (C=O) groups is 1. The second-order valence-electron chi connectivity index (χ2n) is 7.57. The average Bonchev–Trinajstić information content (AvgIpc) is 3.21. The van der Waals surface area contributed by atoms with Crippen molar-refractivity contribution < 1.29 is 18.3 Å². The summed E-state index contributed by atoms with van der Waals surface area (Å²) in [5.74, 6) is 1.05. The maximum atomic E-state index is 12.6. The monoisotopic (exact) mass is 411 g/mol. The molecule has 0 aromatic heterocycles. The molecule has 0 saturated heterocycles. The van der Waals surface area contributed by atoms with Crippen molar-refractivity contribution in [1.29, 1.82) is 0 Å². The Morgan fingerprint density at radius 2 is 2.00 bits per heavy atom. The first kappa shape index (κ1) is 20.4. The molecule has 0 amide bonds. The zero-order valence-electron chi connectivity index (χ0n) is 15.2. The molecule has 0 radical (unpaired) electrons. The second kappa shape index (κ2) is 8.76. The minimum atomic E-state index is -3.63. The molecule has 5 nitrogen and oxygen atoms in total. The van der Waals surface area contributed by atoms with Gasteiger partial charge in [-0.2, -0.15) is 0 Å². The van der Waals surface area contributed by atoms with Crippen LogP contribution < -0.4 is 4.72 Å². The van der Waals surface area contributed by atoms with E-state index >= 15 is 0 Å². The number of hydrogen-bond acceptors (Lipinski definition) is 3. The predicted octanol–water partition coefficient (Wildman–Crippen LogP) is 4.09. The zero-order valence-corrected chi connectivity index (χ0v) is 16.8. The molecule has 27 heavy (non-hydrogen) atoms. The molecule has 3 rings (SSSR count). The van der Waals surface area contributed by atoms with Gasteiger partial charge in [0.25, 0.3) is 0 Å². The van der Waals surface area contributed by atoms with E-state index in [1.165, 1.54) is 12.5 Å². The number of carboxylic acids is 1. The first-order chi connectivity index (χ1) is 12.9. The molecule has 2 bridgehead atoms. The van der Waals surface area contributed by atoms with E-state index < -0.39 is 16.0 Å². The minimum Gasteiger partial charge on any atom is -0.481 e. The van der Waals surface area contributed by atoms with E-state index in [1.54, 1.807) is 18.2 Å². The van der Waals surface area contributed by atoms with Crippen LogP contribution in [0.4, 0.5) is 0 Å². The van der Waals surface area contributed by atoms with Crippen LogP contribution in [0.25, 0.3) is 0 Å². The summed E-state index contributed by atoms with van der Waals surface area (Å²) in [4.78, 5) is 10.7. The Labute approximate surface area is 165 Å². The normalized spacial score (nSPS) is 27.4. The molecule has 0 spiro atoms. The van der Waals surface area contributed by atoms with Crippen molar-refractivity contribution in [3.05, 3.63) is 41.4 Å². The van der Waals surface area contributed by atoms with Gasteiger partial charge in [0.15, 0.2) is 0 Å². The van der Waals surface area contributed by atoms with Gasteiger partial charge in [-0.1, -0.05) is 35.9 Å². The van der Waals surface area contributed by atoms with Gasteiger partial charge in [-0.05, 0) is 67.9 Å². The highest BCUT2D eigenvalue weighted by Crippen LogP contribution is 2.52. The van der Waals surface area contributed by atoms with Crippen molar-refractivity contribution >= 4 is 27.6 Å². The summed E-state index contributed by atoms with van der Waals surface area (Å²) >= 11 is 6.04. The fraction of sp³-hybridized carbons (Fsp3) is 0.550. The van der Waals surface area contributed by atoms with E-state index in [1.807, 2.05) is 0 Å². The number of fused-ring (bicyclic) bond motifs is 2. The van der Waals surface area contributed by atoms with Crippen LogP contribution in [0.15, 0.2) is 41.3 Å². The minimum absolute atomic E-state index is 0.121. The van der Waals surface area contributed by atoms with Crippen molar-refractivity contribution in [2.24, 2.45) is 23.7 Å². The van der Waals surface area contributed by atoms with Crippen molar-refractivity contribution in [3.63, 3.8) is 0 Å². The van der Waals surface area contributed by atoms with E-state index in [4.69, 9.17) is 16.7 Å². The highest BCUT2D eigenvalue weighted by Gasteiger charge is 2.46. The fourth-order valence-electron chi connectivity index (χ4n) is 4.63. The maximum absolute atomic E-state index is 12.6. The number of hydrogen-bond donors (Lipinski definition) is 2. The second-order valence-corrected chi connectivity index (χ2v) is 9.71. The molecular formula is C20H26ClNO4S. The molecule has 0 unspecified atom stereocenters. The lowest BCUT2D eigenvalue weighted by molar-refractivity contribution is -0.137. The number of aliphatic carboxylic acids is 1. The van der Waals surface area contributed by atoms with Gasteiger partial charge < -0.3 is 5.11 Å². The Morgan fingerprint density at radius 1 is 1.26 bits per heavy atom. The molecule has 1 aromatic rings. The van der Waals surface area contributed by atoms with Crippen molar-refractivity contribution in [3.8, 4) is 0 Å². The largest absolute Gasteiger partial charge is 0.481 e. The zero-order chi connectivity index (χ0) is 19.4. The van der Waals surface area contributed by atoms with E-state index in [9.17, 15) is 13.2 Å². The molecule has 2 N–H and O–H groups in total. The van der Waals surface area contributed by atoms with E-state index in [-0.39, 0.29) is 22.3 Å². The van der Waals surface area contributed by atoms with E-state index in [2.05, 4.69) is 16.9 Å². The lowest BCUT2D eigenvalue weighted by atomic mass is 9.79. The first-order valence-corrected chi connectivity index (χ1v) is 11.4. The summed E-state index contributed by atoms with van der Waals surface area (Å²) in [5, 5.41) is 8.94. The van der Waals surface area contributed by atoms with Crippen LogP contribution in [0.1, 0.15) is 38.5 Å². The number of rotatable bonds is 9. The van der Waals surface area contributed by atoms with Crippen LogP contribution in [0, 0.1) is 23.7 Å². The third-order valence-electron chi connectivity index (χ3n) is 5.91. The summed E-state index contributed by atoms with van der Waals surface area (Å²) in [7, 11) is -3.63. The molecule has 4 atom stereocenters. The predicted molar refractivity (Wildman–Crippen MR) is 105 cm³/mol. The molecular weight excluding hydrogens is 386 g/mol. The molecule has 148 valence electrons. The van der Waals surface area contributed by atoms with Crippen LogP contribution in [0.2, 0.25) is 5.02 Å². The van der Waals surface area contributed by atoms with Crippen molar-refractivity contribution in [1.82, 2.24) is 4.72 Å². The Kier molecular flexibility index (Phi) is 6.61. The standard InChI is InChI=1S/C20H26ClNO4S/c21-18-7-4-5-8-19(18)27(25,26)22-13-17-15-11-10-14(12-15)16(17)6-2-1-3-9-20(23)24/h2,4-8,14-17,22H,1,3,9-13H2,(H,23,24)/b6-2-/t14-,15+,16+,17-/m0/s1. The third-order valence-corrected chi connectivity index (χ3v) is 7.84. The van der Waals surface area contributed by atoms with Crippen LogP contribution >= 0.6 is 11.6 Å². The highest BCUT2D eigenvalue weighted by atomic mass is 35.5. The molecule has 0 aliphatic heterocycles. The number of sulfonamides is 1. The van der Waals surface area contributed by atoms with Gasteiger partial charge in [-0.3, -0.25) is 4.79 Å². The Hall–Kier alpha value is -1.37. The van der Waals surface area contributed by atoms with Gasteiger partial charge in [0.05, 0.1) is 5.02 Å². The Bertz CT molecular complexity index is 808. The van der Waals surface area contributed by atoms with E-state index in [0.717, 1.165) is 19.3 Å². The van der Waals surface area contributed by atoms with Crippen LogP contribution in [0.5, 0.6) is 0 Å². The van der Waals surface area contributed by atoms with Gasteiger partial charge in [0.2, 0.25) is 10.0 Å². The highest BCUT2D eigenvalue weighted by molar-refractivity contribution is 7.89. The molecule has 2 aliphatic rings. The number of unbranched alkanes of at least 4 members (excludes halogenated alkanes) is 1. The number of nitrogens with one attached hydrogen (secondary N) is 1. The molecule has 2 fully saturated rings. The average molecular weight is 412 g/mol. The lowest BCUT2D eigenvalue weighted by Gasteiger charge is -2.29. The summed E-state index contributed by atoms with van der Waals surface area (Å²) in [6, 6.07) is 6.48. The number of carboxylic acid groups (broad SMARTS) is 1. The lowest BCUT2D eigenvalue weighted by Crippen LogP contribution is -2.35. The van der Waals surface area contributed by atoms with E-state index in [0.29, 0.717) is 30.7 Å². The molecule has 7 heteroatoms. The third kappa shape index (κ3) is 4.92. The smallest absolute Gasteiger partial charge is 0.303 e. The van der Waals surface area contributed by atoms with Crippen molar-refractivity contribution in [2.75, 3.05) is 6.54 Å². The summed E-state index contributed by atoms with van der Waals surface area (Å²) in [6.45, 7) is 0.416. The summed E-state index contributed by atoms with van der Waals surface area (Å²) in [6.07, 6.45) is 9.35. The quantitative estimate of drug-likeness (QED) is 0.473. The SMILES string of the molecule is O=C(O)CCC/C=C\[C@@H]1[C@H]2CC[C@H](C2)[C@@H]1CNS(=O)(=O)c1ccccc1Cl. The van der Waals surface area contributed by atoms with Crippen LogP contribution in [-0.4, -0.2) is 26.0 Å². The van der Waals surface area contributed by atoms with Crippen LogP contribution in [0.3, 0.4) is 0 Å². The summed E-state index contributed by atoms with van der Waals surface area (Å²) < 4.78 is 28.0. The van der Waals surface area contributed by atoms with Crippen LogP contribution in [-0.2, 0) is 14.8 Å². The first-order valence-electron chi connectivity index (χ1n) is 9.51. The summed E-state index contributed by atoms with van der Waals surface area (Å²) in [5.41, 5.74) is 0. The Morgan fingerprint density at radius 3 is 2.74 bits per heavy atom. The molecule has 2 aliphatic carbocycles. The van der Waals surface area contributed by atoms with Gasteiger partial charge >= 0.3 is 5.97 Å². The van der Waals surface area contributed by atoms with Gasteiger partial charge in [0.1, 0.15) is 4.90 Å². The van der Waals surface area contributed by atoms with Gasteiger partial charge in [-0.25, -0.2) is 13.1 Å². The Balaban J connectivity index is 1.61. The topological polar surface area (TPSA) is 83.5 Å². The number of halogens is 1. The molecule has 2 saturated carbocycles. The number of allylic oxidation sites excluding steroid dienone is 2. The van der Waals surface area contributed by atoms with Gasteiger partial charge in [0, 0.05) is 13.0 Å². The maximum Gasteiger partial charge on any atom is 0.303 e.